The van der Waals surface area contributed by atoms with Crippen LogP contribution in [-0.2, 0) is 22.6 Å². The number of ether oxygens (including phenoxy) is 2. The van der Waals surface area contributed by atoms with Crippen molar-refractivity contribution >= 4 is 35.0 Å². The summed E-state index contributed by atoms with van der Waals surface area (Å²) in [4.78, 5) is 28.2. The molecule has 0 unspecified atom stereocenters. The Morgan fingerprint density at radius 1 is 0.971 bits per heavy atom. The minimum Gasteiger partial charge on any atom is -0.493 e. The molecule has 0 heterocycles. The number of carbonyl (C=O) groups excluding carboxylic acids is 2. The van der Waals surface area contributed by atoms with Crippen LogP contribution in [-0.4, -0.2) is 42.5 Å². The molecule has 0 saturated carbocycles. The number of aryl methyl sites for hydroxylation is 1. The van der Waals surface area contributed by atoms with Gasteiger partial charge in [-0.2, -0.15) is 0 Å². The van der Waals surface area contributed by atoms with Crippen molar-refractivity contribution in [2.75, 3.05) is 14.2 Å². The molecule has 1 N–H and O–H groups in total. The maximum atomic E-state index is 13.5. The van der Waals surface area contributed by atoms with E-state index in [0.29, 0.717) is 34.4 Å². The molecule has 186 valence electrons. The van der Waals surface area contributed by atoms with Gasteiger partial charge >= 0.3 is 0 Å². The Hall–Kier alpha value is -2.44. The molecule has 0 bridgehead atoms. The number of hydrogen-bond acceptors (Lipinski definition) is 4. The number of rotatable bonds is 10. The molecule has 0 aliphatic heterocycles. The van der Waals surface area contributed by atoms with E-state index in [-0.39, 0.29) is 24.8 Å². The summed E-state index contributed by atoms with van der Waals surface area (Å²) in [5.74, 6) is 0.922. The Kier molecular flexibility index (Phi) is 10.1. The normalized spacial score (nSPS) is 12.1. The number of halogens is 2. The van der Waals surface area contributed by atoms with Gasteiger partial charge in [0.2, 0.25) is 11.8 Å². The number of carbonyl (C=O) groups is 2. The smallest absolute Gasteiger partial charge is 0.243 e. The van der Waals surface area contributed by atoms with Crippen molar-refractivity contribution in [3.63, 3.8) is 0 Å². The predicted octanol–water partition coefficient (Wildman–Crippen LogP) is 5.67. The highest BCUT2D eigenvalue weighted by molar-refractivity contribution is 6.42. The largest absolute Gasteiger partial charge is 0.493 e. The predicted molar refractivity (Wildman–Crippen MR) is 137 cm³/mol. The lowest BCUT2D eigenvalue weighted by atomic mass is 10.0. The van der Waals surface area contributed by atoms with Gasteiger partial charge < -0.3 is 19.7 Å². The summed E-state index contributed by atoms with van der Waals surface area (Å²) in [5.41, 5.74) is 1.33. The van der Waals surface area contributed by atoms with Crippen LogP contribution in [0.2, 0.25) is 10.0 Å². The zero-order valence-corrected chi connectivity index (χ0v) is 22.2. The second kappa shape index (κ2) is 12.3. The van der Waals surface area contributed by atoms with Gasteiger partial charge in [0.25, 0.3) is 0 Å². The first-order chi connectivity index (χ1) is 16.0. The summed E-state index contributed by atoms with van der Waals surface area (Å²) >= 11 is 12.3. The van der Waals surface area contributed by atoms with Crippen molar-refractivity contribution in [2.24, 2.45) is 0 Å². The van der Waals surface area contributed by atoms with E-state index >= 15 is 0 Å². The number of amides is 2. The van der Waals surface area contributed by atoms with E-state index in [1.165, 1.54) is 0 Å². The SMILES string of the molecule is CC[C@@H](C(=O)NC(C)(C)C)N(Cc1ccc(Cl)c(Cl)c1)C(=O)CCc1ccc(OC)c(OC)c1. The van der Waals surface area contributed by atoms with Gasteiger partial charge in [0.1, 0.15) is 6.04 Å². The van der Waals surface area contributed by atoms with Crippen molar-refractivity contribution in [3.05, 3.63) is 57.6 Å². The lowest BCUT2D eigenvalue weighted by Gasteiger charge is -2.33. The van der Waals surface area contributed by atoms with Crippen molar-refractivity contribution < 1.29 is 19.1 Å². The van der Waals surface area contributed by atoms with Crippen LogP contribution >= 0.6 is 23.2 Å². The van der Waals surface area contributed by atoms with E-state index in [4.69, 9.17) is 32.7 Å². The fourth-order valence-electron chi connectivity index (χ4n) is 3.64. The van der Waals surface area contributed by atoms with Gasteiger partial charge in [-0.15, -0.1) is 0 Å². The number of hydrogen-bond donors (Lipinski definition) is 1. The van der Waals surface area contributed by atoms with Gasteiger partial charge in [-0.3, -0.25) is 9.59 Å². The van der Waals surface area contributed by atoms with Crippen LogP contribution in [0.5, 0.6) is 11.5 Å². The molecule has 2 aromatic rings. The highest BCUT2D eigenvalue weighted by atomic mass is 35.5. The average molecular weight is 509 g/mol. The van der Waals surface area contributed by atoms with Crippen LogP contribution in [0, 0.1) is 0 Å². The summed E-state index contributed by atoms with van der Waals surface area (Å²) in [5, 5.41) is 3.85. The fraction of sp³-hybridized carbons (Fsp3) is 0.462. The third kappa shape index (κ3) is 7.81. The molecule has 0 aromatic heterocycles. The second-order valence-corrected chi connectivity index (χ2v) is 9.94. The van der Waals surface area contributed by atoms with E-state index in [1.54, 1.807) is 31.3 Å². The molecule has 2 amide bonds. The maximum Gasteiger partial charge on any atom is 0.243 e. The van der Waals surface area contributed by atoms with Gasteiger partial charge in [0.05, 0.1) is 24.3 Å². The van der Waals surface area contributed by atoms with E-state index in [2.05, 4.69) is 5.32 Å². The average Bonchev–Trinajstić information content (AvgIpc) is 2.78. The zero-order chi connectivity index (χ0) is 25.5. The van der Waals surface area contributed by atoms with Crippen LogP contribution in [0.3, 0.4) is 0 Å². The molecule has 8 heteroatoms. The first-order valence-electron chi connectivity index (χ1n) is 11.2. The maximum absolute atomic E-state index is 13.5. The third-order valence-electron chi connectivity index (χ3n) is 5.30. The second-order valence-electron chi connectivity index (χ2n) is 9.12. The third-order valence-corrected chi connectivity index (χ3v) is 6.04. The van der Waals surface area contributed by atoms with Crippen LogP contribution in [0.1, 0.15) is 51.7 Å². The quantitative estimate of drug-likeness (QED) is 0.449. The lowest BCUT2D eigenvalue weighted by Crippen LogP contribution is -2.53. The van der Waals surface area contributed by atoms with E-state index < -0.39 is 11.6 Å². The van der Waals surface area contributed by atoms with Crippen LogP contribution in [0.15, 0.2) is 36.4 Å². The molecule has 6 nitrogen and oxygen atoms in total. The molecule has 2 rings (SSSR count). The summed E-state index contributed by atoms with van der Waals surface area (Å²) in [7, 11) is 3.15. The highest BCUT2D eigenvalue weighted by Gasteiger charge is 2.30. The van der Waals surface area contributed by atoms with Crippen molar-refractivity contribution in [3.8, 4) is 11.5 Å². The summed E-state index contributed by atoms with van der Waals surface area (Å²) < 4.78 is 10.7. The van der Waals surface area contributed by atoms with E-state index in [0.717, 1.165) is 11.1 Å². The van der Waals surface area contributed by atoms with Gasteiger partial charge in [-0.25, -0.2) is 0 Å². The zero-order valence-electron chi connectivity index (χ0n) is 20.7. The van der Waals surface area contributed by atoms with E-state index in [1.807, 2.05) is 52.0 Å². The molecule has 0 radical (unpaired) electrons. The molecule has 0 saturated heterocycles. The Morgan fingerprint density at radius 2 is 1.62 bits per heavy atom. The number of nitrogens with zero attached hydrogens (tertiary/aromatic N) is 1. The Morgan fingerprint density at radius 3 is 2.18 bits per heavy atom. The number of nitrogens with one attached hydrogen (secondary N) is 1. The minimum absolute atomic E-state index is 0.128. The van der Waals surface area contributed by atoms with Crippen LogP contribution < -0.4 is 14.8 Å². The first kappa shape index (κ1) is 27.8. The van der Waals surface area contributed by atoms with Crippen molar-refractivity contribution in [1.29, 1.82) is 0 Å². The Labute approximate surface area is 212 Å². The lowest BCUT2D eigenvalue weighted by molar-refractivity contribution is -0.142. The van der Waals surface area contributed by atoms with Gasteiger partial charge in [0, 0.05) is 18.5 Å². The van der Waals surface area contributed by atoms with Crippen LogP contribution in [0.25, 0.3) is 0 Å². The monoisotopic (exact) mass is 508 g/mol. The molecule has 34 heavy (non-hydrogen) atoms. The summed E-state index contributed by atoms with van der Waals surface area (Å²) in [6.07, 6.45) is 1.20. The van der Waals surface area contributed by atoms with Gasteiger partial charge in [-0.1, -0.05) is 42.3 Å². The van der Waals surface area contributed by atoms with Crippen LogP contribution in [0.4, 0.5) is 0 Å². The number of methoxy groups -OCH3 is 2. The van der Waals surface area contributed by atoms with E-state index in [9.17, 15) is 9.59 Å². The molecule has 0 fully saturated rings. The van der Waals surface area contributed by atoms with Gasteiger partial charge in [0.15, 0.2) is 11.5 Å². The molecular formula is C26H34Cl2N2O4. The fourth-order valence-corrected chi connectivity index (χ4v) is 3.96. The first-order valence-corrected chi connectivity index (χ1v) is 12.0. The Balaban J connectivity index is 2.28. The Bertz CT molecular complexity index is 1000. The molecule has 0 aliphatic carbocycles. The molecule has 2 aromatic carbocycles. The summed E-state index contributed by atoms with van der Waals surface area (Å²) in [6, 6.07) is 10.2. The molecular weight excluding hydrogens is 475 g/mol. The topological polar surface area (TPSA) is 67.9 Å². The van der Waals surface area contributed by atoms with Crippen molar-refractivity contribution in [1.82, 2.24) is 10.2 Å². The standard InChI is InChI=1S/C26H34Cl2N2O4/c1-7-21(25(32)29-26(2,3)4)30(16-18-8-11-19(27)20(28)14-18)24(31)13-10-17-9-12-22(33-5)23(15-17)34-6/h8-9,11-12,14-15,21H,7,10,13,16H2,1-6H3,(H,29,32)/t21-/m0/s1. The van der Waals surface area contributed by atoms with Crippen molar-refractivity contribution in [2.45, 2.75) is 65.1 Å². The number of benzene rings is 2. The highest BCUT2D eigenvalue weighted by Crippen LogP contribution is 2.28. The minimum atomic E-state index is -0.619. The molecule has 0 spiro atoms. The molecule has 0 aliphatic rings. The summed E-state index contributed by atoms with van der Waals surface area (Å²) in [6.45, 7) is 7.90. The molecule has 1 atom stereocenters. The van der Waals surface area contributed by atoms with Gasteiger partial charge in [-0.05, 0) is 69.0 Å².